The van der Waals surface area contributed by atoms with Crippen LogP contribution < -0.4 is 9.47 Å². The molecule has 1 unspecified atom stereocenters. The predicted molar refractivity (Wildman–Crippen MR) is 86.8 cm³/mol. The molecule has 0 spiro atoms. The topological polar surface area (TPSA) is 91.1 Å². The summed E-state index contributed by atoms with van der Waals surface area (Å²) in [4.78, 5) is 25.2. The third-order valence-corrected chi connectivity index (χ3v) is 3.89. The van der Waals surface area contributed by atoms with Crippen molar-refractivity contribution in [3.63, 3.8) is 0 Å². The molecule has 0 aromatic heterocycles. The zero-order valence-corrected chi connectivity index (χ0v) is 14.1. The molecule has 1 aromatic rings. The molecule has 1 aromatic carbocycles. The molecule has 24 heavy (non-hydrogen) atoms. The van der Waals surface area contributed by atoms with Crippen molar-refractivity contribution in [2.45, 2.75) is 26.4 Å². The number of nitro benzene ring substituents is 1. The van der Waals surface area contributed by atoms with E-state index in [-0.39, 0.29) is 23.1 Å². The summed E-state index contributed by atoms with van der Waals surface area (Å²) in [5, 5.41) is 11.4. The van der Waals surface area contributed by atoms with Crippen LogP contribution in [0.3, 0.4) is 0 Å². The standard InChI is InChI=1S/C16H22N2O6/c1-4-11-10-17(6-7-24-11)16(19)12-8-15(23-5-2)14(22-3)9-13(12)18(20)21/h8-9,11H,4-7,10H2,1-3H3. The van der Waals surface area contributed by atoms with Crippen LogP contribution in [0.1, 0.15) is 30.6 Å². The Morgan fingerprint density at radius 3 is 2.75 bits per heavy atom. The van der Waals surface area contributed by atoms with Gasteiger partial charge in [0.15, 0.2) is 11.5 Å². The average molecular weight is 338 g/mol. The number of hydrogen-bond donors (Lipinski definition) is 0. The van der Waals surface area contributed by atoms with Crippen LogP contribution in [0.5, 0.6) is 11.5 Å². The first-order valence-electron chi connectivity index (χ1n) is 7.91. The lowest BCUT2D eigenvalue weighted by Gasteiger charge is -2.32. The van der Waals surface area contributed by atoms with Crippen LogP contribution in [0.4, 0.5) is 5.69 Å². The molecule has 8 heteroatoms. The number of carbonyl (C=O) groups is 1. The zero-order valence-electron chi connectivity index (χ0n) is 14.1. The molecule has 0 saturated carbocycles. The molecule has 0 aliphatic carbocycles. The number of benzene rings is 1. The Labute approximate surface area is 140 Å². The number of methoxy groups -OCH3 is 1. The smallest absolute Gasteiger partial charge is 0.286 e. The van der Waals surface area contributed by atoms with Gasteiger partial charge in [-0.3, -0.25) is 14.9 Å². The largest absolute Gasteiger partial charge is 0.493 e. The summed E-state index contributed by atoms with van der Waals surface area (Å²) in [5.41, 5.74) is -0.291. The van der Waals surface area contributed by atoms with Crippen LogP contribution in [0.15, 0.2) is 12.1 Å². The highest BCUT2D eigenvalue weighted by Gasteiger charge is 2.30. The van der Waals surface area contributed by atoms with Gasteiger partial charge in [-0.2, -0.15) is 0 Å². The third-order valence-electron chi connectivity index (χ3n) is 3.89. The van der Waals surface area contributed by atoms with Crippen LogP contribution in [0.25, 0.3) is 0 Å². The van der Waals surface area contributed by atoms with Crippen molar-refractivity contribution >= 4 is 11.6 Å². The molecular formula is C16H22N2O6. The molecule has 1 aliphatic heterocycles. The second kappa shape index (κ2) is 7.96. The summed E-state index contributed by atoms with van der Waals surface area (Å²) in [6.45, 7) is 5.37. The number of nitro groups is 1. The molecule has 132 valence electrons. The first kappa shape index (κ1) is 18.0. The third kappa shape index (κ3) is 3.76. The lowest BCUT2D eigenvalue weighted by molar-refractivity contribution is -0.385. The number of ether oxygens (including phenoxy) is 3. The summed E-state index contributed by atoms with van der Waals surface area (Å²) in [5.74, 6) is 0.148. The fourth-order valence-corrected chi connectivity index (χ4v) is 2.62. The molecule has 1 saturated heterocycles. The van der Waals surface area contributed by atoms with Crippen LogP contribution >= 0.6 is 0 Å². The van der Waals surface area contributed by atoms with Gasteiger partial charge in [-0.1, -0.05) is 6.92 Å². The molecule has 1 atom stereocenters. The van der Waals surface area contributed by atoms with Gasteiger partial charge < -0.3 is 19.1 Å². The molecular weight excluding hydrogens is 316 g/mol. The minimum Gasteiger partial charge on any atom is -0.493 e. The van der Waals surface area contributed by atoms with Gasteiger partial charge in [0.2, 0.25) is 0 Å². The summed E-state index contributed by atoms with van der Waals surface area (Å²) in [6.07, 6.45) is 0.727. The number of nitrogens with zero attached hydrogens (tertiary/aromatic N) is 2. The van der Waals surface area contributed by atoms with E-state index in [9.17, 15) is 14.9 Å². The Morgan fingerprint density at radius 2 is 2.17 bits per heavy atom. The van der Waals surface area contributed by atoms with Crippen molar-refractivity contribution in [2.75, 3.05) is 33.4 Å². The Bertz CT molecular complexity index is 619. The molecule has 1 aliphatic rings. The van der Waals surface area contributed by atoms with E-state index in [4.69, 9.17) is 14.2 Å². The summed E-state index contributed by atoms with van der Waals surface area (Å²) in [7, 11) is 1.40. The fourth-order valence-electron chi connectivity index (χ4n) is 2.62. The highest BCUT2D eigenvalue weighted by atomic mass is 16.6. The van der Waals surface area contributed by atoms with Crippen LogP contribution in [-0.2, 0) is 4.74 Å². The monoisotopic (exact) mass is 338 g/mol. The van der Waals surface area contributed by atoms with Crippen molar-refractivity contribution in [2.24, 2.45) is 0 Å². The molecule has 1 fully saturated rings. The number of hydrogen-bond acceptors (Lipinski definition) is 6. The molecule has 2 rings (SSSR count). The number of morpholine rings is 1. The Morgan fingerprint density at radius 1 is 1.42 bits per heavy atom. The van der Waals surface area contributed by atoms with Crippen molar-refractivity contribution in [3.05, 3.63) is 27.8 Å². The van der Waals surface area contributed by atoms with Crippen molar-refractivity contribution in [1.29, 1.82) is 0 Å². The van der Waals surface area contributed by atoms with E-state index in [1.54, 1.807) is 11.8 Å². The van der Waals surface area contributed by atoms with E-state index in [1.807, 2.05) is 6.92 Å². The molecule has 1 heterocycles. The van der Waals surface area contributed by atoms with Crippen LogP contribution in [0, 0.1) is 10.1 Å². The second-order valence-electron chi connectivity index (χ2n) is 5.36. The Kier molecular flexibility index (Phi) is 5.97. The van der Waals surface area contributed by atoms with Crippen molar-refractivity contribution in [3.8, 4) is 11.5 Å². The van der Waals surface area contributed by atoms with Crippen LogP contribution in [-0.4, -0.2) is 55.2 Å². The highest BCUT2D eigenvalue weighted by molar-refractivity contribution is 5.99. The van der Waals surface area contributed by atoms with E-state index in [1.165, 1.54) is 19.2 Å². The minimum atomic E-state index is -0.580. The quantitative estimate of drug-likeness (QED) is 0.583. The molecule has 0 radical (unpaired) electrons. The summed E-state index contributed by atoms with van der Waals surface area (Å²) in [6, 6.07) is 2.62. The van der Waals surface area contributed by atoms with E-state index in [0.29, 0.717) is 32.1 Å². The fraction of sp³-hybridized carbons (Fsp3) is 0.562. The van der Waals surface area contributed by atoms with Gasteiger partial charge in [0.05, 0.1) is 37.4 Å². The van der Waals surface area contributed by atoms with Gasteiger partial charge in [-0.25, -0.2) is 0 Å². The van der Waals surface area contributed by atoms with E-state index in [0.717, 1.165) is 6.42 Å². The summed E-state index contributed by atoms with van der Waals surface area (Å²) >= 11 is 0. The SMILES string of the molecule is CCOc1cc(C(=O)N2CCOC(CC)C2)c([N+](=O)[O-])cc1OC. The van der Waals surface area contributed by atoms with Gasteiger partial charge in [0.25, 0.3) is 11.6 Å². The minimum absolute atomic E-state index is 0.000929. The normalized spacial score (nSPS) is 17.5. The van der Waals surface area contributed by atoms with E-state index in [2.05, 4.69) is 0 Å². The Balaban J connectivity index is 2.40. The second-order valence-corrected chi connectivity index (χ2v) is 5.36. The maximum Gasteiger partial charge on any atom is 0.286 e. The Hall–Kier alpha value is -2.35. The molecule has 1 amide bonds. The van der Waals surface area contributed by atoms with Crippen LogP contribution in [0.2, 0.25) is 0 Å². The first-order chi connectivity index (χ1) is 11.5. The van der Waals surface area contributed by atoms with E-state index < -0.39 is 10.8 Å². The number of rotatable bonds is 6. The molecule has 8 nitrogen and oxygen atoms in total. The first-order valence-corrected chi connectivity index (χ1v) is 7.91. The highest BCUT2D eigenvalue weighted by Crippen LogP contribution is 2.35. The van der Waals surface area contributed by atoms with Gasteiger partial charge >= 0.3 is 0 Å². The molecule has 0 N–H and O–H groups in total. The van der Waals surface area contributed by atoms with Gasteiger partial charge in [0, 0.05) is 19.2 Å². The van der Waals surface area contributed by atoms with Gasteiger partial charge in [0.1, 0.15) is 5.56 Å². The number of amides is 1. The predicted octanol–water partition coefficient (Wildman–Crippen LogP) is 2.25. The summed E-state index contributed by atoms with van der Waals surface area (Å²) < 4.78 is 16.1. The van der Waals surface area contributed by atoms with Crippen molar-refractivity contribution < 1.29 is 23.9 Å². The van der Waals surface area contributed by atoms with Gasteiger partial charge in [-0.15, -0.1) is 0 Å². The van der Waals surface area contributed by atoms with Crippen molar-refractivity contribution in [1.82, 2.24) is 4.90 Å². The van der Waals surface area contributed by atoms with E-state index >= 15 is 0 Å². The number of carbonyl (C=O) groups excluding carboxylic acids is 1. The lowest BCUT2D eigenvalue weighted by Crippen LogP contribution is -2.45. The molecule has 0 bridgehead atoms. The zero-order chi connectivity index (χ0) is 17.7. The maximum absolute atomic E-state index is 12.8. The van der Waals surface area contributed by atoms with Gasteiger partial charge in [-0.05, 0) is 13.3 Å². The average Bonchev–Trinajstić information content (AvgIpc) is 2.60. The maximum atomic E-state index is 12.8. The lowest BCUT2D eigenvalue weighted by atomic mass is 10.1.